The molecule has 0 aliphatic carbocycles. The van der Waals surface area contributed by atoms with E-state index in [9.17, 15) is 4.79 Å². The van der Waals surface area contributed by atoms with Crippen molar-refractivity contribution in [1.82, 2.24) is 29.9 Å². The Bertz CT molecular complexity index is 557. The van der Waals surface area contributed by atoms with Crippen LogP contribution in [-0.4, -0.2) is 42.8 Å². The molecule has 0 bridgehead atoms. The molecule has 7 nitrogen and oxygen atoms in total. The highest BCUT2D eigenvalue weighted by atomic mass is 16.2. The molecule has 1 amide bonds. The van der Waals surface area contributed by atoms with Gasteiger partial charge in [-0.25, -0.2) is 4.98 Å². The third-order valence-electron chi connectivity index (χ3n) is 2.96. The summed E-state index contributed by atoms with van der Waals surface area (Å²) in [5.41, 5.74) is 1.50. The predicted octanol–water partition coefficient (Wildman–Crippen LogP) is 1.16. The molecule has 0 saturated heterocycles. The molecule has 0 fully saturated rings. The van der Waals surface area contributed by atoms with Crippen LogP contribution in [0.25, 0.3) is 0 Å². The molecule has 0 aliphatic heterocycles. The fraction of sp³-hybridized carbons (Fsp3) is 0.500. The number of amides is 1. The molecule has 102 valence electrons. The average Bonchev–Trinajstić information content (AvgIpc) is 2.97. The number of nitrogens with zero attached hydrogens (tertiary/aromatic N) is 5. The van der Waals surface area contributed by atoms with Gasteiger partial charge in [-0.2, -0.15) is 10.2 Å². The van der Waals surface area contributed by atoms with Crippen molar-refractivity contribution in [2.45, 2.75) is 33.4 Å². The number of H-pyrrole nitrogens is 1. The summed E-state index contributed by atoms with van der Waals surface area (Å²) in [5.74, 6) is 0.588. The predicted molar refractivity (Wildman–Crippen MR) is 69.5 cm³/mol. The van der Waals surface area contributed by atoms with Crippen LogP contribution >= 0.6 is 0 Å². The average molecular weight is 262 g/mol. The lowest BCUT2D eigenvalue weighted by Gasteiger charge is -2.15. The van der Waals surface area contributed by atoms with Gasteiger partial charge < -0.3 is 4.90 Å². The van der Waals surface area contributed by atoms with Gasteiger partial charge in [-0.05, 0) is 20.8 Å². The van der Waals surface area contributed by atoms with Crippen LogP contribution in [0.5, 0.6) is 0 Å². The lowest BCUT2D eigenvalue weighted by Crippen LogP contribution is -2.27. The minimum atomic E-state index is -0.0687. The summed E-state index contributed by atoms with van der Waals surface area (Å²) in [6.45, 7) is 6.37. The molecule has 2 aromatic rings. The Hall–Kier alpha value is -2.18. The third-order valence-corrected chi connectivity index (χ3v) is 2.96. The van der Waals surface area contributed by atoms with Crippen LogP contribution in [0, 0.1) is 6.92 Å². The van der Waals surface area contributed by atoms with Crippen molar-refractivity contribution in [2.24, 2.45) is 0 Å². The zero-order chi connectivity index (χ0) is 14.0. The number of carbonyl (C=O) groups is 1. The second kappa shape index (κ2) is 5.21. The molecule has 0 aromatic carbocycles. The normalized spacial score (nSPS) is 11.0. The minimum absolute atomic E-state index is 0.0687. The fourth-order valence-corrected chi connectivity index (χ4v) is 1.96. The highest BCUT2D eigenvalue weighted by Crippen LogP contribution is 2.14. The van der Waals surface area contributed by atoms with E-state index >= 15 is 0 Å². The molecule has 0 atom stereocenters. The number of hydrogen-bond donors (Lipinski definition) is 1. The van der Waals surface area contributed by atoms with E-state index < -0.39 is 0 Å². The van der Waals surface area contributed by atoms with Gasteiger partial charge in [0.15, 0.2) is 0 Å². The van der Waals surface area contributed by atoms with Crippen molar-refractivity contribution in [3.8, 4) is 0 Å². The van der Waals surface area contributed by atoms with Gasteiger partial charge in [-0.15, -0.1) is 0 Å². The van der Waals surface area contributed by atoms with E-state index in [0.717, 1.165) is 5.69 Å². The molecule has 2 aromatic heterocycles. The van der Waals surface area contributed by atoms with Gasteiger partial charge in [0.25, 0.3) is 5.91 Å². The van der Waals surface area contributed by atoms with Gasteiger partial charge >= 0.3 is 0 Å². The largest absolute Gasteiger partial charge is 0.334 e. The first-order valence-corrected chi connectivity index (χ1v) is 6.14. The highest BCUT2D eigenvalue weighted by molar-refractivity contribution is 5.94. The Morgan fingerprint density at radius 3 is 2.79 bits per heavy atom. The standard InChI is InChI=1S/C12H18N6O/c1-8(2)18-9(3)10(5-15-18)12(19)17(4)6-11-13-7-14-16-11/h5,7-8H,6H2,1-4H3,(H,13,14,16). The van der Waals surface area contributed by atoms with E-state index in [2.05, 4.69) is 20.3 Å². The van der Waals surface area contributed by atoms with E-state index in [-0.39, 0.29) is 11.9 Å². The Labute approximate surface area is 111 Å². The van der Waals surface area contributed by atoms with Crippen LogP contribution < -0.4 is 0 Å². The van der Waals surface area contributed by atoms with Crippen LogP contribution in [0.1, 0.15) is 41.8 Å². The summed E-state index contributed by atoms with van der Waals surface area (Å²) >= 11 is 0. The number of carbonyl (C=O) groups excluding carboxylic acids is 1. The Morgan fingerprint density at radius 2 is 2.26 bits per heavy atom. The Balaban J connectivity index is 2.15. The van der Waals surface area contributed by atoms with Gasteiger partial charge in [0, 0.05) is 18.8 Å². The number of aromatic amines is 1. The van der Waals surface area contributed by atoms with Crippen LogP contribution in [-0.2, 0) is 6.54 Å². The van der Waals surface area contributed by atoms with E-state index in [1.54, 1.807) is 18.1 Å². The van der Waals surface area contributed by atoms with Crippen molar-refractivity contribution in [3.63, 3.8) is 0 Å². The first-order chi connectivity index (χ1) is 9.00. The molecule has 0 spiro atoms. The van der Waals surface area contributed by atoms with Crippen LogP contribution in [0.4, 0.5) is 0 Å². The molecule has 0 aliphatic rings. The molecule has 2 rings (SSSR count). The van der Waals surface area contributed by atoms with E-state index in [1.807, 2.05) is 25.5 Å². The topological polar surface area (TPSA) is 79.7 Å². The quantitative estimate of drug-likeness (QED) is 0.896. The maximum absolute atomic E-state index is 12.3. The fourth-order valence-electron chi connectivity index (χ4n) is 1.96. The summed E-state index contributed by atoms with van der Waals surface area (Å²) in [6, 6.07) is 0.237. The van der Waals surface area contributed by atoms with Crippen molar-refractivity contribution < 1.29 is 4.79 Å². The monoisotopic (exact) mass is 262 g/mol. The number of nitrogens with one attached hydrogen (secondary N) is 1. The first-order valence-electron chi connectivity index (χ1n) is 6.14. The van der Waals surface area contributed by atoms with Crippen LogP contribution in [0.2, 0.25) is 0 Å². The summed E-state index contributed by atoms with van der Waals surface area (Å²) in [4.78, 5) is 17.9. The maximum Gasteiger partial charge on any atom is 0.257 e. The van der Waals surface area contributed by atoms with Crippen molar-refractivity contribution in [2.75, 3.05) is 7.05 Å². The smallest absolute Gasteiger partial charge is 0.257 e. The van der Waals surface area contributed by atoms with Gasteiger partial charge in [0.05, 0.1) is 18.3 Å². The molecule has 0 unspecified atom stereocenters. The van der Waals surface area contributed by atoms with Gasteiger partial charge in [-0.3, -0.25) is 14.6 Å². The Kier molecular flexibility index (Phi) is 3.64. The summed E-state index contributed by atoms with van der Waals surface area (Å²) in [6.07, 6.45) is 3.05. The SMILES string of the molecule is Cc1c(C(=O)N(C)Cc2ncn[nH]2)cnn1C(C)C. The number of rotatable bonds is 4. The lowest BCUT2D eigenvalue weighted by molar-refractivity contribution is 0.0781. The van der Waals surface area contributed by atoms with Gasteiger partial charge in [-0.1, -0.05) is 0 Å². The van der Waals surface area contributed by atoms with Crippen molar-refractivity contribution in [3.05, 3.63) is 29.6 Å². The first kappa shape index (κ1) is 13.3. The Morgan fingerprint density at radius 1 is 1.53 bits per heavy atom. The highest BCUT2D eigenvalue weighted by Gasteiger charge is 2.19. The van der Waals surface area contributed by atoms with E-state index in [1.165, 1.54) is 6.33 Å². The number of hydrogen-bond acceptors (Lipinski definition) is 4. The zero-order valence-corrected chi connectivity index (χ0v) is 11.6. The summed E-state index contributed by atoms with van der Waals surface area (Å²) in [5, 5.41) is 10.7. The van der Waals surface area contributed by atoms with E-state index in [4.69, 9.17) is 0 Å². The second-order valence-corrected chi connectivity index (χ2v) is 4.78. The number of aromatic nitrogens is 5. The lowest BCUT2D eigenvalue weighted by atomic mass is 10.2. The third kappa shape index (κ3) is 2.64. The zero-order valence-electron chi connectivity index (χ0n) is 11.6. The van der Waals surface area contributed by atoms with Gasteiger partial charge in [0.2, 0.25) is 0 Å². The molecule has 7 heteroatoms. The van der Waals surface area contributed by atoms with E-state index in [0.29, 0.717) is 17.9 Å². The van der Waals surface area contributed by atoms with Gasteiger partial charge in [0.1, 0.15) is 12.2 Å². The molecular weight excluding hydrogens is 244 g/mol. The summed E-state index contributed by atoms with van der Waals surface area (Å²) < 4.78 is 1.84. The van der Waals surface area contributed by atoms with Crippen LogP contribution in [0.3, 0.4) is 0 Å². The van der Waals surface area contributed by atoms with Crippen molar-refractivity contribution in [1.29, 1.82) is 0 Å². The second-order valence-electron chi connectivity index (χ2n) is 4.78. The maximum atomic E-state index is 12.3. The molecule has 0 radical (unpaired) electrons. The van der Waals surface area contributed by atoms with Crippen molar-refractivity contribution >= 4 is 5.91 Å². The molecule has 2 heterocycles. The molecule has 19 heavy (non-hydrogen) atoms. The molecule has 1 N–H and O–H groups in total. The molecule has 0 saturated carbocycles. The minimum Gasteiger partial charge on any atom is -0.334 e. The molecular formula is C12H18N6O. The summed E-state index contributed by atoms with van der Waals surface area (Å²) in [7, 11) is 1.73. The van der Waals surface area contributed by atoms with Crippen LogP contribution in [0.15, 0.2) is 12.5 Å².